The van der Waals surface area contributed by atoms with E-state index in [-0.39, 0.29) is 23.2 Å². The Labute approximate surface area is 254 Å². The number of carbonyl (C=O) groups excluding carboxylic acids is 2. The molecule has 0 aliphatic carbocycles. The quantitative estimate of drug-likeness (QED) is 0.104. The highest BCUT2D eigenvalue weighted by molar-refractivity contribution is 9.11. The summed E-state index contributed by atoms with van der Waals surface area (Å²) < 4.78 is 13.2. The van der Waals surface area contributed by atoms with Crippen LogP contribution in [0.1, 0.15) is 62.5 Å². The van der Waals surface area contributed by atoms with Crippen molar-refractivity contribution in [1.82, 2.24) is 5.43 Å². The minimum absolute atomic E-state index is 0.0229. The first-order valence-electron chi connectivity index (χ1n) is 12.3. The summed E-state index contributed by atoms with van der Waals surface area (Å²) in [4.78, 5) is 25.1. The lowest BCUT2D eigenvalue weighted by molar-refractivity contribution is -0.123. The highest BCUT2D eigenvalue weighted by Gasteiger charge is 2.27. The molecule has 0 spiro atoms. The molecule has 0 saturated carbocycles. The van der Waals surface area contributed by atoms with E-state index in [1.54, 1.807) is 30.3 Å². The first-order valence-corrected chi connectivity index (χ1v) is 14.6. The average Bonchev–Trinajstić information content (AvgIpc) is 2.83. The maximum Gasteiger partial charge on any atom is 0.344 e. The molecular formula is C30H31Br3N2O4. The van der Waals surface area contributed by atoms with Crippen LogP contribution in [0.15, 0.2) is 79.2 Å². The van der Waals surface area contributed by atoms with E-state index in [0.29, 0.717) is 25.8 Å². The molecule has 206 valence electrons. The van der Waals surface area contributed by atoms with Gasteiger partial charge in [0.05, 0.1) is 16.3 Å². The van der Waals surface area contributed by atoms with Crippen molar-refractivity contribution < 1.29 is 19.1 Å². The number of benzene rings is 3. The Hall–Kier alpha value is -2.49. The van der Waals surface area contributed by atoms with Gasteiger partial charge in [-0.25, -0.2) is 10.2 Å². The lowest BCUT2D eigenvalue weighted by Gasteiger charge is -2.33. The molecule has 6 nitrogen and oxygen atoms in total. The van der Waals surface area contributed by atoms with Crippen molar-refractivity contribution in [3.05, 3.63) is 90.8 Å². The molecule has 39 heavy (non-hydrogen) atoms. The van der Waals surface area contributed by atoms with Crippen molar-refractivity contribution in [2.24, 2.45) is 10.5 Å². The largest absolute Gasteiger partial charge is 0.484 e. The first-order chi connectivity index (χ1) is 18.2. The predicted molar refractivity (Wildman–Crippen MR) is 166 cm³/mol. The third-order valence-electron chi connectivity index (χ3n) is 5.70. The molecule has 0 aliphatic heterocycles. The summed E-state index contributed by atoms with van der Waals surface area (Å²) in [6.45, 7) is 11.0. The molecule has 0 fully saturated rings. The van der Waals surface area contributed by atoms with E-state index < -0.39 is 11.9 Å². The molecule has 0 radical (unpaired) electrons. The van der Waals surface area contributed by atoms with Crippen LogP contribution < -0.4 is 14.9 Å². The van der Waals surface area contributed by atoms with Crippen LogP contribution in [-0.4, -0.2) is 24.7 Å². The van der Waals surface area contributed by atoms with Gasteiger partial charge in [-0.1, -0.05) is 74.8 Å². The second-order valence-electron chi connectivity index (χ2n) is 10.9. The fourth-order valence-corrected chi connectivity index (χ4v) is 6.13. The van der Waals surface area contributed by atoms with Gasteiger partial charge >= 0.3 is 5.97 Å². The Morgan fingerprint density at radius 2 is 1.59 bits per heavy atom. The monoisotopic (exact) mass is 720 g/mol. The predicted octanol–water partition coefficient (Wildman–Crippen LogP) is 8.44. The number of nitrogens with one attached hydrogen (secondary N) is 1. The number of carbonyl (C=O) groups is 2. The zero-order valence-corrected chi connectivity index (χ0v) is 27.2. The van der Waals surface area contributed by atoms with Gasteiger partial charge in [0.1, 0.15) is 5.75 Å². The summed E-state index contributed by atoms with van der Waals surface area (Å²) in [7, 11) is 0. The van der Waals surface area contributed by atoms with Crippen LogP contribution in [0.25, 0.3) is 0 Å². The van der Waals surface area contributed by atoms with Crippen molar-refractivity contribution >= 4 is 65.9 Å². The summed E-state index contributed by atoms with van der Waals surface area (Å²) in [5.74, 6) is -0.0982. The second kappa shape index (κ2) is 13.2. The lowest BCUT2D eigenvalue weighted by atomic mass is 9.72. The molecule has 3 aromatic carbocycles. The van der Waals surface area contributed by atoms with Crippen molar-refractivity contribution in [2.75, 3.05) is 6.61 Å². The minimum atomic E-state index is -0.537. The van der Waals surface area contributed by atoms with E-state index in [4.69, 9.17) is 9.47 Å². The van der Waals surface area contributed by atoms with Gasteiger partial charge in [-0.05, 0) is 91.1 Å². The zero-order chi connectivity index (χ0) is 28.8. The Morgan fingerprint density at radius 3 is 2.23 bits per heavy atom. The summed E-state index contributed by atoms with van der Waals surface area (Å²) in [6, 6.07) is 18.3. The number of hydrazone groups is 1. The highest BCUT2D eigenvalue weighted by atomic mass is 79.9. The van der Waals surface area contributed by atoms with Crippen molar-refractivity contribution in [1.29, 1.82) is 0 Å². The fourth-order valence-electron chi connectivity index (χ4n) is 4.34. The molecule has 3 aromatic rings. The fraction of sp³-hybridized carbons (Fsp3) is 0.300. The van der Waals surface area contributed by atoms with Gasteiger partial charge < -0.3 is 9.47 Å². The van der Waals surface area contributed by atoms with Crippen LogP contribution in [0.4, 0.5) is 0 Å². The Balaban J connectivity index is 1.61. The molecule has 0 saturated heterocycles. The molecule has 1 N–H and O–H groups in total. The third-order valence-corrected chi connectivity index (χ3v) is 7.43. The van der Waals surface area contributed by atoms with Crippen LogP contribution in [0.3, 0.4) is 0 Å². The first kappa shape index (κ1) is 31.0. The molecule has 0 bridgehead atoms. The van der Waals surface area contributed by atoms with E-state index in [9.17, 15) is 9.59 Å². The van der Waals surface area contributed by atoms with Crippen LogP contribution >= 0.6 is 47.8 Å². The minimum Gasteiger partial charge on any atom is -0.484 e. The van der Waals surface area contributed by atoms with Crippen molar-refractivity contribution in [2.45, 2.75) is 46.5 Å². The summed E-state index contributed by atoms with van der Waals surface area (Å²) in [5, 5.41) is 4.03. The molecule has 0 aliphatic rings. The van der Waals surface area contributed by atoms with Crippen LogP contribution in [0, 0.1) is 5.41 Å². The van der Waals surface area contributed by atoms with Gasteiger partial charge in [-0.15, -0.1) is 0 Å². The topological polar surface area (TPSA) is 77.0 Å². The Bertz CT molecular complexity index is 1360. The second-order valence-corrected chi connectivity index (χ2v) is 13.5. The Morgan fingerprint density at radius 1 is 0.923 bits per heavy atom. The van der Waals surface area contributed by atoms with E-state index in [0.717, 1.165) is 10.9 Å². The van der Waals surface area contributed by atoms with Crippen molar-refractivity contribution in [3.63, 3.8) is 0 Å². The van der Waals surface area contributed by atoms with E-state index in [1.165, 1.54) is 11.8 Å². The summed E-state index contributed by atoms with van der Waals surface area (Å²) in [6.07, 6.45) is 2.45. The van der Waals surface area contributed by atoms with Gasteiger partial charge in [0.15, 0.2) is 12.4 Å². The maximum atomic E-state index is 12.7. The van der Waals surface area contributed by atoms with Gasteiger partial charge in [-0.3, -0.25) is 4.79 Å². The van der Waals surface area contributed by atoms with Gasteiger partial charge in [-0.2, -0.15) is 5.10 Å². The zero-order valence-electron chi connectivity index (χ0n) is 22.5. The number of nitrogens with zero attached hydrogens (tertiary/aromatic N) is 1. The number of rotatable bonds is 9. The number of halogens is 3. The van der Waals surface area contributed by atoms with Crippen LogP contribution in [0.5, 0.6) is 11.5 Å². The standard InChI is InChI=1S/C30H31Br3N2O4/c1-29(2,3)18-30(4,5)20-10-12-22(13-11-20)38-17-26(36)35-34-16-19-14-21(31)15-25(33)27(19)39-28(37)23-8-6-7-9-24(23)32/h6-16H,17-18H2,1-5H3,(H,35,36). The summed E-state index contributed by atoms with van der Waals surface area (Å²) >= 11 is 10.2. The molecule has 0 aromatic heterocycles. The van der Waals surface area contributed by atoms with Crippen molar-refractivity contribution in [3.8, 4) is 11.5 Å². The average molecular weight is 723 g/mol. The van der Waals surface area contributed by atoms with Gasteiger partial charge in [0.25, 0.3) is 5.91 Å². The number of esters is 1. The molecule has 1 amide bonds. The van der Waals surface area contributed by atoms with E-state index >= 15 is 0 Å². The maximum absolute atomic E-state index is 12.7. The van der Waals surface area contributed by atoms with Gasteiger partial charge in [0, 0.05) is 14.5 Å². The van der Waals surface area contributed by atoms with E-state index in [1.807, 2.05) is 30.3 Å². The Kier molecular flexibility index (Phi) is 10.5. The number of hydrogen-bond acceptors (Lipinski definition) is 5. The smallest absolute Gasteiger partial charge is 0.344 e. The number of hydrogen-bond donors (Lipinski definition) is 1. The molecule has 3 rings (SSSR count). The van der Waals surface area contributed by atoms with Crippen LogP contribution in [0.2, 0.25) is 0 Å². The third kappa shape index (κ3) is 9.29. The highest BCUT2D eigenvalue weighted by Crippen LogP contribution is 2.37. The molecule has 0 atom stereocenters. The van der Waals surface area contributed by atoms with E-state index in [2.05, 4.69) is 92.9 Å². The summed E-state index contributed by atoms with van der Waals surface area (Å²) in [5.41, 5.74) is 4.76. The molecular weight excluding hydrogens is 692 g/mol. The molecule has 0 heterocycles. The lowest BCUT2D eigenvalue weighted by Crippen LogP contribution is -2.25. The molecule has 9 heteroatoms. The number of ether oxygens (including phenoxy) is 2. The van der Waals surface area contributed by atoms with Crippen LogP contribution in [-0.2, 0) is 10.2 Å². The number of amides is 1. The molecule has 0 unspecified atom stereocenters. The normalized spacial score (nSPS) is 11.9. The van der Waals surface area contributed by atoms with Gasteiger partial charge in [0.2, 0.25) is 0 Å². The SMILES string of the molecule is CC(C)(C)CC(C)(C)c1ccc(OCC(=O)NN=Cc2cc(Br)cc(Br)c2OC(=O)c2ccccc2Br)cc1.